The molecule has 82 valence electrons. The fraction of sp³-hybridized carbons (Fsp3) is 0.455. The largest absolute Gasteiger partial charge is 0.469 e. The summed E-state index contributed by atoms with van der Waals surface area (Å²) in [4.78, 5) is 15.0. The van der Waals surface area contributed by atoms with E-state index in [4.69, 9.17) is 11.6 Å². The van der Waals surface area contributed by atoms with E-state index in [0.29, 0.717) is 11.4 Å². The highest BCUT2D eigenvalue weighted by molar-refractivity contribution is 6.30. The van der Waals surface area contributed by atoms with Crippen molar-refractivity contribution in [2.75, 3.05) is 7.11 Å². The molecule has 4 heteroatoms. The average molecular weight is 228 g/mol. The zero-order valence-corrected chi connectivity index (χ0v) is 9.46. The summed E-state index contributed by atoms with van der Waals surface area (Å²) in [6.07, 6.45) is 4.75. The molecule has 0 N–H and O–H groups in total. The number of methoxy groups -OCH3 is 1. The minimum absolute atomic E-state index is 0.158. The van der Waals surface area contributed by atoms with Crippen molar-refractivity contribution < 1.29 is 9.53 Å². The third kappa shape index (κ3) is 4.79. The van der Waals surface area contributed by atoms with Gasteiger partial charge in [0.2, 0.25) is 0 Å². The second kappa shape index (κ2) is 6.40. The maximum Gasteiger partial charge on any atom is 0.305 e. The summed E-state index contributed by atoms with van der Waals surface area (Å²) in [7, 11) is 1.40. The van der Waals surface area contributed by atoms with Crippen LogP contribution in [0.3, 0.4) is 0 Å². The first kappa shape index (κ1) is 12.0. The second-order valence-electron chi connectivity index (χ2n) is 3.25. The maximum atomic E-state index is 10.8. The molecule has 0 radical (unpaired) electrons. The van der Waals surface area contributed by atoms with Crippen LogP contribution in [0, 0.1) is 0 Å². The molecule has 0 amide bonds. The van der Waals surface area contributed by atoms with Gasteiger partial charge in [0.05, 0.1) is 7.11 Å². The van der Waals surface area contributed by atoms with Crippen molar-refractivity contribution in [1.29, 1.82) is 0 Å². The standard InChI is InChI=1S/C11H14ClNO2/c1-15-11(14)5-3-2-4-10-8-9(12)6-7-13-10/h6-8H,2-5H2,1H3. The number of aromatic nitrogens is 1. The molecule has 0 saturated heterocycles. The van der Waals surface area contributed by atoms with E-state index in [-0.39, 0.29) is 5.97 Å². The van der Waals surface area contributed by atoms with Gasteiger partial charge < -0.3 is 4.74 Å². The molecular formula is C11H14ClNO2. The van der Waals surface area contributed by atoms with Crippen LogP contribution in [-0.2, 0) is 16.0 Å². The lowest BCUT2D eigenvalue weighted by Crippen LogP contribution is -2.00. The van der Waals surface area contributed by atoms with Crippen molar-refractivity contribution in [1.82, 2.24) is 4.98 Å². The Kier molecular flexibility index (Phi) is 5.12. The number of halogens is 1. The van der Waals surface area contributed by atoms with E-state index in [9.17, 15) is 4.79 Å². The highest BCUT2D eigenvalue weighted by atomic mass is 35.5. The van der Waals surface area contributed by atoms with Crippen molar-refractivity contribution in [2.24, 2.45) is 0 Å². The van der Waals surface area contributed by atoms with Crippen molar-refractivity contribution in [3.05, 3.63) is 29.0 Å². The molecule has 3 nitrogen and oxygen atoms in total. The summed E-state index contributed by atoms with van der Waals surface area (Å²) in [5.74, 6) is -0.158. The first-order valence-corrected chi connectivity index (χ1v) is 5.27. The van der Waals surface area contributed by atoms with Crippen LogP contribution in [0.1, 0.15) is 25.0 Å². The average Bonchev–Trinajstić information content (AvgIpc) is 2.24. The van der Waals surface area contributed by atoms with Crippen LogP contribution in [-0.4, -0.2) is 18.1 Å². The number of carbonyl (C=O) groups excluding carboxylic acids is 1. The number of unbranched alkanes of at least 4 members (excludes halogenated alkanes) is 1. The predicted octanol–water partition coefficient (Wildman–Crippen LogP) is 2.62. The van der Waals surface area contributed by atoms with Crippen molar-refractivity contribution in [2.45, 2.75) is 25.7 Å². The number of hydrogen-bond donors (Lipinski definition) is 0. The Labute approximate surface area is 94.4 Å². The van der Waals surface area contributed by atoms with E-state index in [1.165, 1.54) is 7.11 Å². The molecular weight excluding hydrogens is 214 g/mol. The van der Waals surface area contributed by atoms with Crippen molar-refractivity contribution in [3.63, 3.8) is 0 Å². The topological polar surface area (TPSA) is 39.2 Å². The number of aryl methyl sites for hydroxylation is 1. The Morgan fingerprint density at radius 3 is 3.00 bits per heavy atom. The quantitative estimate of drug-likeness (QED) is 0.574. The highest BCUT2D eigenvalue weighted by Crippen LogP contribution is 2.10. The first-order valence-electron chi connectivity index (χ1n) is 4.89. The minimum Gasteiger partial charge on any atom is -0.469 e. The normalized spacial score (nSPS) is 10.0. The van der Waals surface area contributed by atoms with Crippen LogP contribution in [0.25, 0.3) is 0 Å². The third-order valence-electron chi connectivity index (χ3n) is 2.07. The summed E-state index contributed by atoms with van der Waals surface area (Å²) in [6, 6.07) is 3.60. The van der Waals surface area contributed by atoms with Gasteiger partial charge in [0.25, 0.3) is 0 Å². The van der Waals surface area contributed by atoms with Crippen molar-refractivity contribution >= 4 is 17.6 Å². The zero-order valence-electron chi connectivity index (χ0n) is 8.70. The summed E-state index contributed by atoms with van der Waals surface area (Å²) in [5.41, 5.74) is 0.965. The Balaban J connectivity index is 2.23. The molecule has 1 aromatic heterocycles. The SMILES string of the molecule is COC(=O)CCCCc1cc(Cl)ccn1. The van der Waals surface area contributed by atoms with Gasteiger partial charge >= 0.3 is 5.97 Å². The van der Waals surface area contributed by atoms with E-state index in [2.05, 4.69) is 9.72 Å². The first-order chi connectivity index (χ1) is 7.22. The fourth-order valence-electron chi connectivity index (χ4n) is 1.26. The van der Waals surface area contributed by atoms with Crippen LogP contribution in [0.5, 0.6) is 0 Å². The summed E-state index contributed by atoms with van der Waals surface area (Å²) in [6.45, 7) is 0. The van der Waals surface area contributed by atoms with Gasteiger partial charge in [0.15, 0.2) is 0 Å². The Morgan fingerprint density at radius 2 is 2.33 bits per heavy atom. The van der Waals surface area contributed by atoms with Gasteiger partial charge in [-0.15, -0.1) is 0 Å². The van der Waals surface area contributed by atoms with Crippen LogP contribution in [0.4, 0.5) is 0 Å². The summed E-state index contributed by atoms with van der Waals surface area (Å²) in [5, 5.41) is 0.702. The lowest BCUT2D eigenvalue weighted by atomic mass is 10.1. The number of nitrogens with zero attached hydrogens (tertiary/aromatic N) is 1. The predicted molar refractivity (Wildman–Crippen MR) is 58.8 cm³/mol. The van der Waals surface area contributed by atoms with Gasteiger partial charge in [-0.05, 0) is 31.4 Å². The molecule has 0 unspecified atom stereocenters. The van der Waals surface area contributed by atoms with E-state index < -0.39 is 0 Å². The lowest BCUT2D eigenvalue weighted by Gasteiger charge is -2.01. The molecule has 1 aromatic rings. The van der Waals surface area contributed by atoms with Gasteiger partial charge in [-0.2, -0.15) is 0 Å². The minimum atomic E-state index is -0.158. The Hall–Kier alpha value is -1.09. The zero-order chi connectivity index (χ0) is 11.1. The van der Waals surface area contributed by atoms with Crippen molar-refractivity contribution in [3.8, 4) is 0 Å². The molecule has 0 aromatic carbocycles. The number of pyridine rings is 1. The Bertz CT molecular complexity index is 328. The van der Waals surface area contributed by atoms with Crippen LogP contribution < -0.4 is 0 Å². The van der Waals surface area contributed by atoms with Gasteiger partial charge in [-0.3, -0.25) is 9.78 Å². The third-order valence-corrected chi connectivity index (χ3v) is 2.31. The highest BCUT2D eigenvalue weighted by Gasteiger charge is 2.00. The van der Waals surface area contributed by atoms with E-state index in [0.717, 1.165) is 25.0 Å². The van der Waals surface area contributed by atoms with E-state index >= 15 is 0 Å². The second-order valence-corrected chi connectivity index (χ2v) is 3.69. The molecule has 0 aliphatic carbocycles. The number of rotatable bonds is 5. The molecule has 0 saturated carbocycles. The molecule has 1 rings (SSSR count). The lowest BCUT2D eigenvalue weighted by molar-refractivity contribution is -0.140. The summed E-state index contributed by atoms with van der Waals surface area (Å²) < 4.78 is 4.55. The van der Waals surface area contributed by atoms with Crippen LogP contribution >= 0.6 is 11.6 Å². The molecule has 0 aliphatic rings. The van der Waals surface area contributed by atoms with Gasteiger partial charge in [-0.1, -0.05) is 11.6 Å². The monoisotopic (exact) mass is 227 g/mol. The maximum absolute atomic E-state index is 10.8. The van der Waals surface area contributed by atoms with E-state index in [1.54, 1.807) is 12.3 Å². The van der Waals surface area contributed by atoms with Gasteiger partial charge in [0.1, 0.15) is 0 Å². The van der Waals surface area contributed by atoms with Crippen LogP contribution in [0.15, 0.2) is 18.3 Å². The number of ether oxygens (including phenoxy) is 1. The molecule has 0 atom stereocenters. The smallest absolute Gasteiger partial charge is 0.305 e. The molecule has 0 spiro atoms. The number of carbonyl (C=O) groups is 1. The molecule has 1 heterocycles. The number of hydrogen-bond acceptors (Lipinski definition) is 3. The fourth-order valence-corrected chi connectivity index (χ4v) is 1.45. The Morgan fingerprint density at radius 1 is 1.53 bits per heavy atom. The van der Waals surface area contributed by atoms with E-state index in [1.807, 2.05) is 6.07 Å². The molecule has 0 fully saturated rings. The number of esters is 1. The summed E-state index contributed by atoms with van der Waals surface area (Å²) >= 11 is 5.82. The molecule has 15 heavy (non-hydrogen) atoms. The van der Waals surface area contributed by atoms with Gasteiger partial charge in [-0.25, -0.2) is 0 Å². The van der Waals surface area contributed by atoms with Gasteiger partial charge in [0, 0.05) is 23.3 Å². The van der Waals surface area contributed by atoms with Crippen LogP contribution in [0.2, 0.25) is 5.02 Å². The molecule has 0 aliphatic heterocycles. The molecule has 0 bridgehead atoms.